The molecule has 0 saturated carbocycles. The van der Waals surface area contributed by atoms with Crippen LogP contribution in [0.3, 0.4) is 0 Å². The lowest BCUT2D eigenvalue weighted by atomic mass is 9.91. The van der Waals surface area contributed by atoms with Crippen molar-refractivity contribution < 1.29 is 0 Å². The van der Waals surface area contributed by atoms with Gasteiger partial charge >= 0.3 is 0 Å². The molecule has 76 valence electrons. The van der Waals surface area contributed by atoms with Gasteiger partial charge in [-0.25, -0.2) is 0 Å². The fourth-order valence-corrected chi connectivity index (χ4v) is 2.85. The second-order valence-corrected chi connectivity index (χ2v) is 5.05. The summed E-state index contributed by atoms with van der Waals surface area (Å²) >= 11 is 0. The lowest BCUT2D eigenvalue weighted by molar-refractivity contribution is 0.134. The summed E-state index contributed by atoms with van der Waals surface area (Å²) in [6, 6.07) is 2.26. The zero-order valence-electron chi connectivity index (χ0n) is 9.09. The number of hydrogen-bond donors (Lipinski definition) is 1. The van der Waals surface area contributed by atoms with E-state index in [1.54, 1.807) is 0 Å². The van der Waals surface area contributed by atoms with Crippen LogP contribution in [0.4, 0.5) is 0 Å². The van der Waals surface area contributed by atoms with Crippen molar-refractivity contribution in [2.75, 3.05) is 13.1 Å². The molecular weight excluding hydrogens is 160 g/mol. The monoisotopic (exact) mass is 182 g/mol. The van der Waals surface area contributed by atoms with Gasteiger partial charge in [-0.1, -0.05) is 0 Å². The SMILES string of the molecule is CC1CC2CCN(C(C)C)CC2N1. The van der Waals surface area contributed by atoms with Crippen LogP contribution in [0, 0.1) is 5.92 Å². The third kappa shape index (κ3) is 1.89. The van der Waals surface area contributed by atoms with Gasteiger partial charge in [-0.15, -0.1) is 0 Å². The Balaban J connectivity index is 1.93. The molecule has 0 aromatic rings. The number of rotatable bonds is 1. The Morgan fingerprint density at radius 3 is 2.85 bits per heavy atom. The molecule has 13 heavy (non-hydrogen) atoms. The maximum absolute atomic E-state index is 3.70. The Morgan fingerprint density at radius 1 is 1.38 bits per heavy atom. The highest BCUT2D eigenvalue weighted by Crippen LogP contribution is 2.28. The van der Waals surface area contributed by atoms with E-state index in [4.69, 9.17) is 0 Å². The predicted octanol–water partition coefficient (Wildman–Crippen LogP) is 1.47. The number of likely N-dealkylation sites (tertiary alicyclic amines) is 1. The van der Waals surface area contributed by atoms with Crippen LogP contribution < -0.4 is 5.32 Å². The smallest absolute Gasteiger partial charge is 0.0226 e. The minimum absolute atomic E-state index is 0.721. The molecule has 2 fully saturated rings. The van der Waals surface area contributed by atoms with Crippen LogP contribution in [0.15, 0.2) is 0 Å². The Morgan fingerprint density at radius 2 is 2.15 bits per heavy atom. The zero-order chi connectivity index (χ0) is 9.42. The van der Waals surface area contributed by atoms with Crippen molar-refractivity contribution in [3.8, 4) is 0 Å². The first-order chi connectivity index (χ1) is 6.16. The molecule has 2 aliphatic heterocycles. The van der Waals surface area contributed by atoms with Gasteiger partial charge in [0.15, 0.2) is 0 Å². The van der Waals surface area contributed by atoms with Crippen LogP contribution in [0.2, 0.25) is 0 Å². The number of nitrogens with one attached hydrogen (secondary N) is 1. The van der Waals surface area contributed by atoms with Gasteiger partial charge in [0, 0.05) is 24.7 Å². The van der Waals surface area contributed by atoms with E-state index in [9.17, 15) is 0 Å². The van der Waals surface area contributed by atoms with Gasteiger partial charge in [-0.3, -0.25) is 4.90 Å². The summed E-state index contributed by atoms with van der Waals surface area (Å²) in [6.45, 7) is 9.51. The zero-order valence-corrected chi connectivity index (χ0v) is 9.09. The summed E-state index contributed by atoms with van der Waals surface area (Å²) in [5, 5.41) is 3.70. The highest BCUT2D eigenvalue weighted by molar-refractivity contribution is 4.94. The van der Waals surface area contributed by atoms with Gasteiger partial charge in [0.2, 0.25) is 0 Å². The van der Waals surface area contributed by atoms with Crippen LogP contribution in [0.1, 0.15) is 33.6 Å². The molecule has 2 aliphatic rings. The number of piperidine rings is 1. The predicted molar refractivity (Wildman–Crippen MR) is 55.8 cm³/mol. The second kappa shape index (κ2) is 3.58. The van der Waals surface area contributed by atoms with Gasteiger partial charge in [-0.2, -0.15) is 0 Å². The molecule has 0 radical (unpaired) electrons. The molecule has 0 spiro atoms. The fourth-order valence-electron chi connectivity index (χ4n) is 2.85. The number of hydrogen-bond acceptors (Lipinski definition) is 2. The third-order valence-corrected chi connectivity index (χ3v) is 3.67. The highest BCUT2D eigenvalue weighted by atomic mass is 15.2. The molecular formula is C11H22N2. The van der Waals surface area contributed by atoms with Crippen molar-refractivity contribution in [1.82, 2.24) is 10.2 Å². The average molecular weight is 182 g/mol. The molecule has 3 atom stereocenters. The second-order valence-electron chi connectivity index (χ2n) is 5.05. The van der Waals surface area contributed by atoms with Crippen LogP contribution in [-0.2, 0) is 0 Å². The normalized spacial score (nSPS) is 41.1. The molecule has 1 N–H and O–H groups in total. The van der Waals surface area contributed by atoms with E-state index < -0.39 is 0 Å². The maximum atomic E-state index is 3.70. The molecule has 0 aliphatic carbocycles. The van der Waals surface area contributed by atoms with Crippen molar-refractivity contribution in [3.05, 3.63) is 0 Å². The molecule has 0 aromatic carbocycles. The van der Waals surface area contributed by atoms with E-state index in [2.05, 4.69) is 31.0 Å². The lowest BCUT2D eigenvalue weighted by Gasteiger charge is -2.37. The van der Waals surface area contributed by atoms with Gasteiger partial charge in [0.1, 0.15) is 0 Å². The van der Waals surface area contributed by atoms with Gasteiger partial charge in [0.05, 0.1) is 0 Å². The minimum Gasteiger partial charge on any atom is -0.310 e. The first kappa shape index (κ1) is 9.47. The Hall–Kier alpha value is -0.0800. The minimum atomic E-state index is 0.721. The first-order valence-corrected chi connectivity index (χ1v) is 5.67. The topological polar surface area (TPSA) is 15.3 Å². The molecule has 2 saturated heterocycles. The molecule has 2 heteroatoms. The van der Waals surface area contributed by atoms with Crippen molar-refractivity contribution in [2.24, 2.45) is 5.92 Å². The van der Waals surface area contributed by atoms with Crippen molar-refractivity contribution >= 4 is 0 Å². The molecule has 0 bridgehead atoms. The Labute approximate surface area is 81.7 Å². The summed E-state index contributed by atoms with van der Waals surface area (Å²) in [4.78, 5) is 2.60. The van der Waals surface area contributed by atoms with Gasteiger partial charge < -0.3 is 5.32 Å². The van der Waals surface area contributed by atoms with Crippen LogP contribution in [0.5, 0.6) is 0 Å². The van der Waals surface area contributed by atoms with E-state index in [0.29, 0.717) is 0 Å². The van der Waals surface area contributed by atoms with E-state index in [0.717, 1.165) is 24.0 Å². The average Bonchev–Trinajstić information content (AvgIpc) is 2.42. The summed E-state index contributed by atoms with van der Waals surface area (Å²) < 4.78 is 0. The standard InChI is InChI=1S/C11H22N2/c1-8(2)13-5-4-10-6-9(3)12-11(10)7-13/h8-12H,4-7H2,1-3H3. The summed E-state index contributed by atoms with van der Waals surface area (Å²) in [5.74, 6) is 0.963. The maximum Gasteiger partial charge on any atom is 0.0226 e. The summed E-state index contributed by atoms with van der Waals surface area (Å²) in [6.07, 6.45) is 2.80. The van der Waals surface area contributed by atoms with Crippen LogP contribution in [0.25, 0.3) is 0 Å². The molecule has 2 heterocycles. The summed E-state index contributed by atoms with van der Waals surface area (Å²) in [5.41, 5.74) is 0. The molecule has 2 nitrogen and oxygen atoms in total. The highest BCUT2D eigenvalue weighted by Gasteiger charge is 2.36. The number of fused-ring (bicyclic) bond motifs is 1. The lowest BCUT2D eigenvalue weighted by Crippen LogP contribution is -2.49. The largest absolute Gasteiger partial charge is 0.310 e. The van der Waals surface area contributed by atoms with Crippen molar-refractivity contribution in [3.63, 3.8) is 0 Å². The Kier molecular flexibility index (Phi) is 2.61. The van der Waals surface area contributed by atoms with Crippen molar-refractivity contribution in [2.45, 2.75) is 51.7 Å². The van der Waals surface area contributed by atoms with Crippen LogP contribution >= 0.6 is 0 Å². The molecule has 0 amide bonds. The molecule has 3 unspecified atom stereocenters. The third-order valence-electron chi connectivity index (χ3n) is 3.67. The van der Waals surface area contributed by atoms with E-state index in [1.807, 2.05) is 0 Å². The van der Waals surface area contributed by atoms with Crippen LogP contribution in [-0.4, -0.2) is 36.1 Å². The molecule has 2 rings (SSSR count). The van der Waals surface area contributed by atoms with E-state index in [-0.39, 0.29) is 0 Å². The quantitative estimate of drug-likeness (QED) is 0.660. The first-order valence-electron chi connectivity index (χ1n) is 5.67. The summed E-state index contributed by atoms with van der Waals surface area (Å²) in [7, 11) is 0. The van der Waals surface area contributed by atoms with Gasteiger partial charge in [0.25, 0.3) is 0 Å². The number of nitrogens with zero attached hydrogens (tertiary/aromatic N) is 1. The molecule has 0 aromatic heterocycles. The Bertz CT molecular complexity index is 179. The van der Waals surface area contributed by atoms with Crippen molar-refractivity contribution in [1.29, 1.82) is 0 Å². The van der Waals surface area contributed by atoms with Gasteiger partial charge in [-0.05, 0) is 46.1 Å². The van der Waals surface area contributed by atoms with E-state index in [1.165, 1.54) is 25.9 Å². The van der Waals surface area contributed by atoms with E-state index >= 15 is 0 Å². The fraction of sp³-hybridized carbons (Fsp3) is 1.00.